The van der Waals surface area contributed by atoms with Gasteiger partial charge in [0, 0.05) is 22.0 Å². The van der Waals surface area contributed by atoms with Crippen LogP contribution in [0.1, 0.15) is 20.5 Å². The third kappa shape index (κ3) is 4.15. The molecule has 0 saturated carbocycles. The summed E-state index contributed by atoms with van der Waals surface area (Å²) in [6, 6.07) is 18.3. The van der Waals surface area contributed by atoms with E-state index in [1.54, 1.807) is 48.5 Å². The zero-order valence-electron chi connectivity index (χ0n) is 13.6. The van der Waals surface area contributed by atoms with Gasteiger partial charge in [0.25, 0.3) is 5.91 Å². The van der Waals surface area contributed by atoms with Crippen molar-refractivity contribution in [3.8, 4) is 0 Å². The van der Waals surface area contributed by atoms with E-state index in [1.807, 2.05) is 11.4 Å². The maximum atomic E-state index is 13.1. The van der Waals surface area contributed by atoms with Gasteiger partial charge in [0.15, 0.2) is 9.84 Å². The van der Waals surface area contributed by atoms with Crippen LogP contribution in [0.3, 0.4) is 0 Å². The molecule has 0 spiro atoms. The fourth-order valence-electron chi connectivity index (χ4n) is 2.50. The minimum absolute atomic E-state index is 0.0147. The molecule has 1 unspecified atom stereocenters. The van der Waals surface area contributed by atoms with E-state index in [0.717, 1.165) is 0 Å². The number of carbonyl (C=O) groups excluding carboxylic acids is 1. The van der Waals surface area contributed by atoms with Crippen LogP contribution in [-0.4, -0.2) is 20.9 Å². The molecule has 3 aromatic rings. The van der Waals surface area contributed by atoms with Gasteiger partial charge in [0.05, 0.1) is 4.90 Å². The van der Waals surface area contributed by atoms with Crippen LogP contribution in [0.15, 0.2) is 77.0 Å². The number of nitrogens with one attached hydrogen (secondary N) is 1. The van der Waals surface area contributed by atoms with Crippen molar-refractivity contribution in [2.24, 2.45) is 0 Å². The largest absolute Gasteiger partial charge is 0.350 e. The Morgan fingerprint density at radius 1 is 1.00 bits per heavy atom. The first kappa shape index (κ1) is 18.6. The van der Waals surface area contributed by atoms with Gasteiger partial charge in [-0.15, -0.1) is 11.3 Å². The molecular formula is C19H16ClNO3S2. The number of halogens is 1. The number of thiophene rings is 1. The molecule has 0 aliphatic carbocycles. The Bertz CT molecular complexity index is 969. The summed E-state index contributed by atoms with van der Waals surface area (Å²) in [5.41, 5.74) is 0.487. The lowest BCUT2D eigenvalue weighted by molar-refractivity contribution is 0.0953. The standard InChI is InChI=1S/C19H16ClNO3S2/c20-15-8-10-16(11-9-15)26(23,24)18(17-7-4-12-25-17)13-21-19(22)14-5-2-1-3-6-14/h1-12,18H,13H2,(H,21,22). The van der Waals surface area contributed by atoms with E-state index in [2.05, 4.69) is 5.32 Å². The van der Waals surface area contributed by atoms with Crippen molar-refractivity contribution >= 4 is 38.7 Å². The highest BCUT2D eigenvalue weighted by Crippen LogP contribution is 2.32. The number of benzene rings is 2. The molecular weight excluding hydrogens is 390 g/mol. The lowest BCUT2D eigenvalue weighted by Crippen LogP contribution is -2.31. The molecule has 134 valence electrons. The van der Waals surface area contributed by atoms with Crippen molar-refractivity contribution in [2.45, 2.75) is 10.1 Å². The van der Waals surface area contributed by atoms with Gasteiger partial charge in [0.2, 0.25) is 0 Å². The van der Waals surface area contributed by atoms with Gasteiger partial charge >= 0.3 is 0 Å². The van der Waals surface area contributed by atoms with E-state index >= 15 is 0 Å². The smallest absolute Gasteiger partial charge is 0.251 e. The molecule has 0 fully saturated rings. The van der Waals surface area contributed by atoms with E-state index < -0.39 is 15.1 Å². The molecule has 1 heterocycles. The molecule has 1 amide bonds. The Morgan fingerprint density at radius 2 is 1.69 bits per heavy atom. The van der Waals surface area contributed by atoms with E-state index in [1.165, 1.54) is 23.5 Å². The molecule has 7 heteroatoms. The van der Waals surface area contributed by atoms with Crippen LogP contribution in [-0.2, 0) is 9.84 Å². The summed E-state index contributed by atoms with van der Waals surface area (Å²) >= 11 is 7.21. The summed E-state index contributed by atoms with van der Waals surface area (Å²) in [6.07, 6.45) is 0. The SMILES string of the molecule is O=C(NCC(c1cccs1)S(=O)(=O)c1ccc(Cl)cc1)c1ccccc1. The summed E-state index contributed by atoms with van der Waals surface area (Å²) in [7, 11) is -3.68. The first-order chi connectivity index (χ1) is 12.5. The molecule has 0 aliphatic rings. The Hall–Kier alpha value is -2.15. The van der Waals surface area contributed by atoms with Crippen molar-refractivity contribution in [1.29, 1.82) is 0 Å². The summed E-state index contributed by atoms with van der Waals surface area (Å²) in [6.45, 7) is -0.0147. The number of hydrogen-bond donors (Lipinski definition) is 1. The van der Waals surface area contributed by atoms with E-state index in [0.29, 0.717) is 15.5 Å². The summed E-state index contributed by atoms with van der Waals surface area (Å²) in [5, 5.41) is 4.16. The number of carbonyl (C=O) groups is 1. The molecule has 2 aromatic carbocycles. The van der Waals surface area contributed by atoms with Gasteiger partial charge in [-0.3, -0.25) is 4.79 Å². The van der Waals surface area contributed by atoms with Gasteiger partial charge in [0.1, 0.15) is 5.25 Å². The zero-order chi connectivity index (χ0) is 18.6. The topological polar surface area (TPSA) is 63.2 Å². The van der Waals surface area contributed by atoms with Crippen LogP contribution in [0, 0.1) is 0 Å². The second-order valence-corrected chi connectivity index (χ2v) is 9.13. The molecule has 1 N–H and O–H groups in total. The average molecular weight is 406 g/mol. The van der Waals surface area contributed by atoms with Gasteiger partial charge in [-0.1, -0.05) is 35.9 Å². The van der Waals surface area contributed by atoms with Crippen molar-refractivity contribution < 1.29 is 13.2 Å². The molecule has 0 bridgehead atoms. The maximum Gasteiger partial charge on any atom is 0.251 e. The highest BCUT2D eigenvalue weighted by molar-refractivity contribution is 7.91. The van der Waals surface area contributed by atoms with Crippen LogP contribution in [0.25, 0.3) is 0 Å². The Balaban J connectivity index is 1.86. The minimum atomic E-state index is -3.68. The normalized spacial score (nSPS) is 12.5. The molecule has 3 rings (SSSR count). The predicted molar refractivity (Wildman–Crippen MR) is 104 cm³/mol. The second kappa shape index (κ2) is 8.03. The molecule has 4 nitrogen and oxygen atoms in total. The second-order valence-electron chi connectivity index (χ2n) is 5.58. The first-order valence-corrected chi connectivity index (χ1v) is 10.6. The number of rotatable bonds is 6. The van der Waals surface area contributed by atoms with Crippen LogP contribution in [0.2, 0.25) is 5.02 Å². The highest BCUT2D eigenvalue weighted by atomic mass is 35.5. The Kier molecular flexibility index (Phi) is 5.76. The van der Waals surface area contributed by atoms with Crippen LogP contribution >= 0.6 is 22.9 Å². The van der Waals surface area contributed by atoms with Gasteiger partial charge in [-0.05, 0) is 47.8 Å². The molecule has 0 saturated heterocycles. The van der Waals surface area contributed by atoms with E-state index in [-0.39, 0.29) is 17.3 Å². The molecule has 0 aliphatic heterocycles. The monoisotopic (exact) mass is 405 g/mol. The number of amides is 1. The predicted octanol–water partition coefficient (Wildman–Crippen LogP) is 4.35. The minimum Gasteiger partial charge on any atom is -0.350 e. The number of hydrogen-bond acceptors (Lipinski definition) is 4. The van der Waals surface area contributed by atoms with Gasteiger partial charge < -0.3 is 5.32 Å². The highest BCUT2D eigenvalue weighted by Gasteiger charge is 2.30. The molecule has 1 aromatic heterocycles. The Morgan fingerprint density at radius 3 is 2.31 bits per heavy atom. The van der Waals surface area contributed by atoms with Crippen LogP contribution in [0.5, 0.6) is 0 Å². The van der Waals surface area contributed by atoms with E-state index in [4.69, 9.17) is 11.6 Å². The average Bonchev–Trinajstić information content (AvgIpc) is 3.17. The fourth-order valence-corrected chi connectivity index (χ4v) is 5.41. The van der Waals surface area contributed by atoms with Crippen molar-refractivity contribution in [3.63, 3.8) is 0 Å². The Labute approximate surface area is 161 Å². The van der Waals surface area contributed by atoms with Gasteiger partial charge in [-0.25, -0.2) is 8.42 Å². The lowest BCUT2D eigenvalue weighted by atomic mass is 10.2. The molecule has 26 heavy (non-hydrogen) atoms. The third-order valence-corrected chi connectivity index (χ3v) is 7.35. The van der Waals surface area contributed by atoms with Crippen LogP contribution in [0.4, 0.5) is 0 Å². The van der Waals surface area contributed by atoms with Gasteiger partial charge in [-0.2, -0.15) is 0 Å². The van der Waals surface area contributed by atoms with Crippen molar-refractivity contribution in [1.82, 2.24) is 5.32 Å². The quantitative estimate of drug-likeness (QED) is 0.663. The first-order valence-electron chi connectivity index (χ1n) is 7.84. The summed E-state index contributed by atoms with van der Waals surface area (Å²) in [4.78, 5) is 13.2. The lowest BCUT2D eigenvalue weighted by Gasteiger charge is -2.17. The summed E-state index contributed by atoms with van der Waals surface area (Å²) in [5.74, 6) is -0.307. The summed E-state index contributed by atoms with van der Waals surface area (Å²) < 4.78 is 26.2. The van der Waals surface area contributed by atoms with E-state index in [9.17, 15) is 13.2 Å². The number of sulfone groups is 1. The molecule has 0 radical (unpaired) electrons. The van der Waals surface area contributed by atoms with Crippen molar-refractivity contribution in [3.05, 3.63) is 87.6 Å². The third-order valence-electron chi connectivity index (χ3n) is 3.86. The maximum absolute atomic E-state index is 13.1. The van der Waals surface area contributed by atoms with Crippen molar-refractivity contribution in [2.75, 3.05) is 6.54 Å². The molecule has 1 atom stereocenters. The fraction of sp³-hybridized carbons (Fsp3) is 0.105. The van der Waals surface area contributed by atoms with Crippen LogP contribution < -0.4 is 5.32 Å². The zero-order valence-corrected chi connectivity index (χ0v) is 16.0.